The molecule has 2 heterocycles. The number of nitrogens with zero attached hydrogens (tertiary/aromatic N) is 1. The number of anilines is 1. The van der Waals surface area contributed by atoms with Crippen LogP contribution in [0.25, 0.3) is 19.5 Å². The monoisotopic (exact) mass is 347 g/mol. The van der Waals surface area contributed by atoms with Gasteiger partial charge in [0, 0.05) is 33.6 Å². The predicted octanol–water partition coefficient (Wildman–Crippen LogP) is 4.92. The third-order valence-electron chi connectivity index (χ3n) is 4.03. The Morgan fingerprint density at radius 2 is 2.00 bits per heavy atom. The Kier molecular flexibility index (Phi) is 5.30. The van der Waals surface area contributed by atoms with Gasteiger partial charge in [0.25, 0.3) is 0 Å². The molecule has 1 aromatic carbocycles. The van der Waals surface area contributed by atoms with Crippen LogP contribution >= 0.6 is 22.7 Å². The van der Waals surface area contributed by atoms with Crippen molar-refractivity contribution in [2.75, 3.05) is 24.6 Å². The van der Waals surface area contributed by atoms with Crippen molar-refractivity contribution in [3.8, 4) is 0 Å². The molecule has 23 heavy (non-hydrogen) atoms. The SMILES string of the molecule is CCCCCN(CCO)c1ccc2c(c1)sc1cc(C=O)sc12. The zero-order valence-electron chi connectivity index (χ0n) is 13.2. The van der Waals surface area contributed by atoms with E-state index in [4.69, 9.17) is 0 Å². The van der Waals surface area contributed by atoms with Gasteiger partial charge in [-0.25, -0.2) is 0 Å². The highest BCUT2D eigenvalue weighted by molar-refractivity contribution is 7.33. The van der Waals surface area contributed by atoms with Gasteiger partial charge in [0.05, 0.1) is 16.2 Å². The molecule has 0 aliphatic rings. The van der Waals surface area contributed by atoms with Gasteiger partial charge in [0.1, 0.15) is 0 Å². The van der Waals surface area contributed by atoms with Crippen LogP contribution in [0.3, 0.4) is 0 Å². The lowest BCUT2D eigenvalue weighted by atomic mass is 10.2. The average Bonchev–Trinajstić information content (AvgIpc) is 3.10. The first kappa shape index (κ1) is 16.4. The highest BCUT2D eigenvalue weighted by Gasteiger charge is 2.12. The van der Waals surface area contributed by atoms with Crippen LogP contribution in [0, 0.1) is 0 Å². The summed E-state index contributed by atoms with van der Waals surface area (Å²) >= 11 is 3.30. The molecule has 122 valence electrons. The number of rotatable bonds is 8. The molecule has 0 aliphatic carbocycles. The molecule has 3 rings (SSSR count). The Bertz CT molecular complexity index is 806. The molecule has 5 heteroatoms. The summed E-state index contributed by atoms with van der Waals surface area (Å²) in [6.45, 7) is 4.03. The fourth-order valence-corrected chi connectivity index (χ4v) is 5.24. The number of aliphatic hydroxyl groups is 1. The molecule has 0 saturated carbocycles. The lowest BCUT2D eigenvalue weighted by molar-refractivity contribution is 0.112. The van der Waals surface area contributed by atoms with Crippen LogP contribution in [0.4, 0.5) is 5.69 Å². The second-order valence-electron chi connectivity index (χ2n) is 5.66. The average molecular weight is 348 g/mol. The van der Waals surface area contributed by atoms with E-state index in [2.05, 4.69) is 30.0 Å². The van der Waals surface area contributed by atoms with Crippen molar-refractivity contribution < 1.29 is 9.90 Å². The van der Waals surface area contributed by atoms with Gasteiger partial charge in [-0.2, -0.15) is 0 Å². The molecule has 0 amide bonds. The first-order valence-corrected chi connectivity index (χ1v) is 9.67. The van der Waals surface area contributed by atoms with Crippen LogP contribution in [0.1, 0.15) is 35.9 Å². The van der Waals surface area contributed by atoms with Gasteiger partial charge < -0.3 is 10.0 Å². The van der Waals surface area contributed by atoms with E-state index < -0.39 is 0 Å². The van der Waals surface area contributed by atoms with Gasteiger partial charge in [-0.1, -0.05) is 25.8 Å². The molecule has 1 N–H and O–H groups in total. The number of unbranched alkanes of at least 4 members (excludes halogenated alkanes) is 2. The number of aliphatic hydroxyl groups excluding tert-OH is 1. The molecule has 0 bridgehead atoms. The quantitative estimate of drug-likeness (QED) is 0.464. The number of aldehydes is 1. The van der Waals surface area contributed by atoms with Crippen molar-refractivity contribution in [3.63, 3.8) is 0 Å². The second kappa shape index (κ2) is 7.43. The summed E-state index contributed by atoms with van der Waals surface area (Å²) < 4.78 is 3.64. The van der Waals surface area contributed by atoms with Gasteiger partial charge in [-0.15, -0.1) is 22.7 Å². The van der Waals surface area contributed by atoms with Crippen molar-refractivity contribution in [1.29, 1.82) is 0 Å². The van der Waals surface area contributed by atoms with E-state index in [1.54, 1.807) is 22.7 Å². The molecule has 0 saturated heterocycles. The van der Waals surface area contributed by atoms with Crippen LogP contribution in [-0.2, 0) is 0 Å². The van der Waals surface area contributed by atoms with E-state index in [1.165, 1.54) is 38.0 Å². The van der Waals surface area contributed by atoms with Gasteiger partial charge in [0.15, 0.2) is 6.29 Å². The van der Waals surface area contributed by atoms with E-state index in [0.717, 1.165) is 24.1 Å². The van der Waals surface area contributed by atoms with Crippen LogP contribution < -0.4 is 4.90 Å². The van der Waals surface area contributed by atoms with Crippen LogP contribution in [0.15, 0.2) is 24.3 Å². The maximum Gasteiger partial charge on any atom is 0.160 e. The molecule has 0 aliphatic heterocycles. The summed E-state index contributed by atoms with van der Waals surface area (Å²) in [6, 6.07) is 8.48. The van der Waals surface area contributed by atoms with Gasteiger partial charge in [0.2, 0.25) is 0 Å². The highest BCUT2D eigenvalue weighted by Crippen LogP contribution is 2.40. The topological polar surface area (TPSA) is 40.5 Å². The smallest absolute Gasteiger partial charge is 0.160 e. The number of carbonyl (C=O) groups is 1. The molecule has 0 atom stereocenters. The molecular formula is C18H21NO2S2. The predicted molar refractivity (Wildman–Crippen MR) is 101 cm³/mol. The number of benzene rings is 1. The molecule has 0 fully saturated rings. The molecule has 0 unspecified atom stereocenters. The maximum absolute atomic E-state index is 10.9. The first-order chi connectivity index (χ1) is 11.3. The summed E-state index contributed by atoms with van der Waals surface area (Å²) in [5, 5.41) is 10.6. The van der Waals surface area contributed by atoms with E-state index in [-0.39, 0.29) is 6.61 Å². The van der Waals surface area contributed by atoms with Crippen molar-refractivity contribution in [1.82, 2.24) is 0 Å². The molecule has 3 nitrogen and oxygen atoms in total. The summed E-state index contributed by atoms with van der Waals surface area (Å²) in [7, 11) is 0. The summed E-state index contributed by atoms with van der Waals surface area (Å²) in [6.07, 6.45) is 4.49. The Morgan fingerprint density at radius 3 is 2.74 bits per heavy atom. The maximum atomic E-state index is 10.9. The third-order valence-corrected chi connectivity index (χ3v) is 6.35. The molecule has 0 spiro atoms. The van der Waals surface area contributed by atoms with E-state index >= 15 is 0 Å². The van der Waals surface area contributed by atoms with Gasteiger partial charge in [-0.3, -0.25) is 4.79 Å². The zero-order chi connectivity index (χ0) is 16.2. The summed E-state index contributed by atoms with van der Waals surface area (Å²) in [4.78, 5) is 14.0. The number of fused-ring (bicyclic) bond motifs is 3. The molecule has 3 aromatic rings. The van der Waals surface area contributed by atoms with Crippen molar-refractivity contribution >= 4 is 54.1 Å². The van der Waals surface area contributed by atoms with Crippen molar-refractivity contribution in [2.45, 2.75) is 26.2 Å². The number of hydrogen-bond acceptors (Lipinski definition) is 5. The van der Waals surface area contributed by atoms with Crippen molar-refractivity contribution in [3.05, 3.63) is 29.1 Å². The molecule has 0 radical (unpaired) electrons. The normalized spacial score (nSPS) is 11.4. The first-order valence-electron chi connectivity index (χ1n) is 8.04. The van der Waals surface area contributed by atoms with Gasteiger partial charge in [-0.05, 0) is 24.6 Å². The molecule has 2 aromatic heterocycles. The van der Waals surface area contributed by atoms with Crippen LogP contribution in [-0.4, -0.2) is 31.1 Å². The Hall–Kier alpha value is -1.43. The largest absolute Gasteiger partial charge is 0.395 e. The lowest BCUT2D eigenvalue weighted by Crippen LogP contribution is -2.27. The minimum absolute atomic E-state index is 0.173. The van der Waals surface area contributed by atoms with E-state index in [9.17, 15) is 9.90 Å². The zero-order valence-corrected chi connectivity index (χ0v) is 14.9. The lowest BCUT2D eigenvalue weighted by Gasteiger charge is -2.24. The third kappa shape index (κ3) is 3.42. The Morgan fingerprint density at radius 1 is 1.13 bits per heavy atom. The number of carbonyl (C=O) groups excluding carboxylic acids is 1. The van der Waals surface area contributed by atoms with Crippen LogP contribution in [0.2, 0.25) is 0 Å². The Labute approximate surface area is 144 Å². The summed E-state index contributed by atoms with van der Waals surface area (Å²) in [5.41, 5.74) is 1.17. The fraction of sp³-hybridized carbons (Fsp3) is 0.389. The van der Waals surface area contributed by atoms with E-state index in [0.29, 0.717) is 6.54 Å². The summed E-state index contributed by atoms with van der Waals surface area (Å²) in [5.74, 6) is 0. The minimum atomic E-state index is 0.173. The fourth-order valence-electron chi connectivity index (χ4n) is 2.86. The number of thiophene rings is 2. The van der Waals surface area contributed by atoms with Crippen molar-refractivity contribution in [2.24, 2.45) is 0 Å². The number of hydrogen-bond donors (Lipinski definition) is 1. The Balaban J connectivity index is 1.92. The molecular weight excluding hydrogens is 326 g/mol. The standard InChI is InChI=1S/C18H21NO2S2/c1-2-3-4-7-19(8-9-20)13-5-6-15-16(10-13)23-17-11-14(12-21)22-18(15)17/h5-6,10-12,20H,2-4,7-9H2,1H3. The van der Waals surface area contributed by atoms with E-state index in [1.807, 2.05) is 6.07 Å². The van der Waals surface area contributed by atoms with Crippen LogP contribution in [0.5, 0.6) is 0 Å². The second-order valence-corrected chi connectivity index (χ2v) is 7.83. The minimum Gasteiger partial charge on any atom is -0.395 e. The van der Waals surface area contributed by atoms with Gasteiger partial charge >= 0.3 is 0 Å². The highest BCUT2D eigenvalue weighted by atomic mass is 32.1.